The Balaban J connectivity index is 1.87. The molecule has 3 N–H and O–H groups in total. The number of para-hydroxylation sites is 1. The molecule has 8 heteroatoms. The molecule has 0 amide bonds. The Kier molecular flexibility index (Phi) is 3.10. The number of nitrogens with zero attached hydrogens (tertiary/aromatic N) is 2. The van der Waals surface area contributed by atoms with E-state index >= 15 is 0 Å². The molecule has 2 aromatic carbocycles. The fourth-order valence-corrected chi connectivity index (χ4v) is 4.09. The summed E-state index contributed by atoms with van der Waals surface area (Å²) < 4.78 is 7.54. The predicted octanol–water partition coefficient (Wildman–Crippen LogP) is 3.38. The Morgan fingerprint density at radius 2 is 1.90 bits per heavy atom. The van der Waals surface area contributed by atoms with Crippen LogP contribution in [-0.2, 0) is 7.05 Å². The van der Waals surface area contributed by atoms with E-state index in [0.717, 1.165) is 10.9 Å². The van der Waals surface area contributed by atoms with E-state index in [9.17, 15) is 14.7 Å². The number of pyridine rings is 2. The molecule has 0 saturated heterocycles. The van der Waals surface area contributed by atoms with Crippen molar-refractivity contribution < 1.29 is 9.52 Å². The summed E-state index contributed by atoms with van der Waals surface area (Å²) in [6.07, 6.45) is 1.71. The highest BCUT2D eigenvalue weighted by Crippen LogP contribution is 2.39. The lowest BCUT2D eigenvalue weighted by atomic mass is 10.0. The highest BCUT2D eigenvalue weighted by Gasteiger charge is 2.23. The van der Waals surface area contributed by atoms with Crippen LogP contribution in [0.1, 0.15) is 0 Å². The summed E-state index contributed by atoms with van der Waals surface area (Å²) >= 11 is 0. The smallest absolute Gasteiger partial charge is 0.258 e. The predicted molar refractivity (Wildman–Crippen MR) is 114 cm³/mol. The topological polar surface area (TPSA) is 117 Å². The number of fused-ring (bicyclic) bond motifs is 5. The number of rotatable bonds is 1. The van der Waals surface area contributed by atoms with Crippen LogP contribution in [-0.4, -0.2) is 24.9 Å². The van der Waals surface area contributed by atoms with E-state index in [1.54, 1.807) is 23.9 Å². The third kappa shape index (κ3) is 2.02. The summed E-state index contributed by atoms with van der Waals surface area (Å²) in [5.41, 5.74) is 2.42. The van der Waals surface area contributed by atoms with Gasteiger partial charge in [0.05, 0.1) is 16.5 Å². The fourth-order valence-electron chi connectivity index (χ4n) is 4.09. The van der Waals surface area contributed by atoms with Gasteiger partial charge in [-0.3, -0.25) is 14.7 Å². The van der Waals surface area contributed by atoms with Crippen molar-refractivity contribution in [1.82, 2.24) is 19.7 Å². The van der Waals surface area contributed by atoms with Crippen LogP contribution in [0.25, 0.3) is 55.1 Å². The Hall–Kier alpha value is -4.33. The molecule has 0 radical (unpaired) electrons. The second-order valence-corrected chi connectivity index (χ2v) is 7.21. The van der Waals surface area contributed by atoms with Crippen molar-refractivity contribution in [3.8, 4) is 16.9 Å². The number of benzene rings is 2. The van der Waals surface area contributed by atoms with Gasteiger partial charge in [-0.2, -0.15) is 0 Å². The van der Waals surface area contributed by atoms with E-state index in [0.29, 0.717) is 38.6 Å². The number of hydrogen-bond donors (Lipinski definition) is 3. The minimum Gasteiger partial charge on any atom is -0.502 e. The van der Waals surface area contributed by atoms with Gasteiger partial charge in [-0.05, 0) is 29.7 Å². The van der Waals surface area contributed by atoms with Crippen LogP contribution >= 0.6 is 0 Å². The Bertz CT molecular complexity index is 1770. The number of aromatic nitrogens is 4. The van der Waals surface area contributed by atoms with E-state index in [-0.39, 0.29) is 11.1 Å². The molecule has 8 nitrogen and oxygen atoms in total. The summed E-state index contributed by atoms with van der Waals surface area (Å²) in [6.45, 7) is 0. The summed E-state index contributed by atoms with van der Waals surface area (Å²) in [5.74, 6) is -0.474. The number of nitrogens with one attached hydrogen (secondary N) is 2. The molecule has 146 valence electrons. The fraction of sp³-hybridized carbons (Fsp3) is 0.0455. The first-order valence-corrected chi connectivity index (χ1v) is 9.27. The molecule has 30 heavy (non-hydrogen) atoms. The summed E-state index contributed by atoms with van der Waals surface area (Å²) in [6, 6.07) is 12.3. The lowest BCUT2D eigenvalue weighted by molar-refractivity contribution is 0.464. The van der Waals surface area contributed by atoms with Crippen LogP contribution in [0.5, 0.6) is 5.75 Å². The maximum Gasteiger partial charge on any atom is 0.258 e. The van der Waals surface area contributed by atoms with E-state index in [2.05, 4.69) is 15.2 Å². The van der Waals surface area contributed by atoms with Gasteiger partial charge in [0.25, 0.3) is 5.56 Å². The van der Waals surface area contributed by atoms with Gasteiger partial charge >= 0.3 is 0 Å². The molecule has 6 rings (SSSR count). The van der Waals surface area contributed by atoms with Crippen molar-refractivity contribution in [3.05, 3.63) is 69.2 Å². The summed E-state index contributed by atoms with van der Waals surface area (Å²) in [4.78, 5) is 29.8. The second-order valence-electron chi connectivity index (χ2n) is 7.21. The molecule has 0 spiro atoms. The molecule has 0 fully saturated rings. The van der Waals surface area contributed by atoms with Crippen molar-refractivity contribution in [2.75, 3.05) is 0 Å². The van der Waals surface area contributed by atoms with Gasteiger partial charge < -0.3 is 19.2 Å². The van der Waals surface area contributed by atoms with Crippen molar-refractivity contribution in [2.45, 2.75) is 0 Å². The van der Waals surface area contributed by atoms with Gasteiger partial charge in [-0.1, -0.05) is 18.2 Å². The SMILES string of the molecule is Cn1c(=O)c(-c2c3c[nH][nH]c3nc3c2oc2c(O)c(=O)ccc23)cc2ccccc21. The van der Waals surface area contributed by atoms with Crippen LogP contribution in [0, 0.1) is 0 Å². The van der Waals surface area contributed by atoms with Crippen LogP contribution in [0.2, 0.25) is 0 Å². The number of aromatic hydroxyl groups is 1. The quantitative estimate of drug-likeness (QED) is 0.393. The zero-order valence-electron chi connectivity index (χ0n) is 15.7. The highest BCUT2D eigenvalue weighted by molar-refractivity contribution is 6.15. The third-order valence-electron chi connectivity index (χ3n) is 5.55. The number of furan rings is 1. The Labute approximate surface area is 167 Å². The van der Waals surface area contributed by atoms with Crippen LogP contribution < -0.4 is 11.0 Å². The molecule has 0 saturated carbocycles. The van der Waals surface area contributed by atoms with Crippen molar-refractivity contribution in [1.29, 1.82) is 0 Å². The minimum atomic E-state index is -0.538. The van der Waals surface area contributed by atoms with E-state index in [4.69, 9.17) is 4.42 Å². The van der Waals surface area contributed by atoms with Crippen molar-refractivity contribution in [3.63, 3.8) is 0 Å². The van der Waals surface area contributed by atoms with Gasteiger partial charge in [0, 0.05) is 24.2 Å². The van der Waals surface area contributed by atoms with Gasteiger partial charge in [-0.25, -0.2) is 4.98 Å². The standard InChI is InChI=1S/C22H14N4O4/c1-26-14-5-3-2-4-10(14)8-12(22(26)29)16-13-9-23-25-21(13)24-17-11-6-7-15(27)18(28)19(11)30-20(16)17/h2-9,28H,1H3,(H2,23,24,25). The molecule has 4 aromatic heterocycles. The average molecular weight is 398 g/mol. The van der Waals surface area contributed by atoms with Crippen LogP contribution in [0.15, 0.2) is 62.7 Å². The summed E-state index contributed by atoms with van der Waals surface area (Å²) in [7, 11) is 1.72. The largest absolute Gasteiger partial charge is 0.502 e. The molecule has 0 atom stereocenters. The maximum atomic E-state index is 13.3. The molecule has 0 aliphatic rings. The second kappa shape index (κ2) is 5.60. The molecule has 0 unspecified atom stereocenters. The van der Waals surface area contributed by atoms with E-state index in [1.807, 2.05) is 30.3 Å². The van der Waals surface area contributed by atoms with Crippen LogP contribution in [0.4, 0.5) is 0 Å². The third-order valence-corrected chi connectivity index (χ3v) is 5.55. The van der Waals surface area contributed by atoms with E-state index in [1.165, 1.54) is 6.07 Å². The lowest BCUT2D eigenvalue weighted by Crippen LogP contribution is -2.19. The molecule has 4 heterocycles. The van der Waals surface area contributed by atoms with Gasteiger partial charge in [-0.15, -0.1) is 0 Å². The zero-order valence-corrected chi connectivity index (χ0v) is 15.7. The molecular weight excluding hydrogens is 384 g/mol. The monoisotopic (exact) mass is 398 g/mol. The molecule has 0 aliphatic carbocycles. The number of aromatic amines is 2. The maximum absolute atomic E-state index is 13.3. The zero-order chi connectivity index (χ0) is 20.6. The number of aryl methyl sites for hydroxylation is 1. The first-order valence-electron chi connectivity index (χ1n) is 9.27. The normalized spacial score (nSPS) is 11.9. The molecule has 6 aromatic rings. The number of H-pyrrole nitrogens is 2. The first kappa shape index (κ1) is 16.6. The highest BCUT2D eigenvalue weighted by atomic mass is 16.4. The van der Waals surface area contributed by atoms with Crippen molar-refractivity contribution in [2.24, 2.45) is 7.05 Å². The first-order chi connectivity index (χ1) is 14.5. The Morgan fingerprint density at radius 1 is 1.07 bits per heavy atom. The Morgan fingerprint density at radius 3 is 2.77 bits per heavy atom. The van der Waals surface area contributed by atoms with Gasteiger partial charge in [0.1, 0.15) is 5.52 Å². The molecule has 0 aliphatic heterocycles. The van der Waals surface area contributed by atoms with Crippen LogP contribution in [0.3, 0.4) is 0 Å². The van der Waals surface area contributed by atoms with Gasteiger partial charge in [0.15, 0.2) is 16.8 Å². The minimum absolute atomic E-state index is 0.0560. The average Bonchev–Trinajstić information content (AvgIpc) is 3.37. The van der Waals surface area contributed by atoms with E-state index < -0.39 is 11.2 Å². The lowest BCUT2D eigenvalue weighted by Gasteiger charge is -2.10. The number of phenols is 1. The number of phenolic OH excluding ortho intramolecular Hbond substituents is 1. The number of hydrogen-bond acceptors (Lipinski definition) is 5. The molecular formula is C22H14N4O4. The van der Waals surface area contributed by atoms with Gasteiger partial charge in [0.2, 0.25) is 11.2 Å². The molecule has 0 bridgehead atoms. The van der Waals surface area contributed by atoms with Crippen molar-refractivity contribution >= 4 is 44.0 Å². The summed E-state index contributed by atoms with van der Waals surface area (Å²) in [5, 5.41) is 18.2.